The second-order valence-corrected chi connectivity index (χ2v) is 6.96. The highest BCUT2D eigenvalue weighted by Gasteiger charge is 2.25. The molecule has 0 aliphatic heterocycles. The molecule has 138 valence electrons. The van der Waals surface area contributed by atoms with Crippen LogP contribution < -0.4 is 4.90 Å². The molecule has 1 aliphatic rings. The summed E-state index contributed by atoms with van der Waals surface area (Å²) in [6.07, 6.45) is 3.54. The van der Waals surface area contributed by atoms with Crippen molar-refractivity contribution >= 4 is 22.6 Å². The quantitative estimate of drug-likeness (QED) is 0.623. The molecule has 1 saturated carbocycles. The third-order valence-corrected chi connectivity index (χ3v) is 5.34. The SMILES string of the molecule is COC(=O)c1ccc2nc(-c3ccc(F)cc3)c(N(C)C3CCC3)cc2c1. The Labute approximate surface area is 157 Å². The zero-order valence-electron chi connectivity index (χ0n) is 15.4. The van der Waals surface area contributed by atoms with Crippen molar-refractivity contribution in [1.82, 2.24) is 4.98 Å². The summed E-state index contributed by atoms with van der Waals surface area (Å²) in [5.74, 6) is -0.635. The number of fused-ring (bicyclic) bond motifs is 1. The summed E-state index contributed by atoms with van der Waals surface area (Å²) >= 11 is 0. The highest BCUT2D eigenvalue weighted by atomic mass is 19.1. The molecule has 0 atom stereocenters. The number of pyridine rings is 1. The highest BCUT2D eigenvalue weighted by Crippen LogP contribution is 2.36. The van der Waals surface area contributed by atoms with E-state index >= 15 is 0 Å². The van der Waals surface area contributed by atoms with E-state index in [0.717, 1.165) is 40.7 Å². The maximum absolute atomic E-state index is 13.4. The Morgan fingerprint density at radius 1 is 1.15 bits per heavy atom. The molecule has 0 unspecified atom stereocenters. The molecule has 1 fully saturated rings. The van der Waals surface area contributed by atoms with E-state index in [9.17, 15) is 9.18 Å². The minimum absolute atomic E-state index is 0.267. The third kappa shape index (κ3) is 3.25. The topological polar surface area (TPSA) is 42.4 Å². The number of aromatic nitrogens is 1. The number of hydrogen-bond donors (Lipinski definition) is 0. The number of anilines is 1. The average molecular weight is 364 g/mol. The molecule has 0 saturated heterocycles. The number of hydrogen-bond acceptors (Lipinski definition) is 4. The summed E-state index contributed by atoms with van der Waals surface area (Å²) in [7, 11) is 3.45. The third-order valence-electron chi connectivity index (χ3n) is 5.34. The van der Waals surface area contributed by atoms with Crippen molar-refractivity contribution in [1.29, 1.82) is 0 Å². The Hall–Kier alpha value is -2.95. The van der Waals surface area contributed by atoms with E-state index in [0.29, 0.717) is 11.6 Å². The fourth-order valence-electron chi connectivity index (χ4n) is 3.47. The van der Waals surface area contributed by atoms with E-state index in [1.54, 1.807) is 24.3 Å². The molecular formula is C22H21FN2O2. The predicted octanol–water partition coefficient (Wildman–Crippen LogP) is 4.82. The molecule has 3 aromatic rings. The van der Waals surface area contributed by atoms with Gasteiger partial charge in [-0.05, 0) is 67.8 Å². The van der Waals surface area contributed by atoms with Gasteiger partial charge in [-0.25, -0.2) is 14.2 Å². The summed E-state index contributed by atoms with van der Waals surface area (Å²) in [5.41, 5.74) is 3.96. The highest BCUT2D eigenvalue weighted by molar-refractivity contribution is 5.96. The van der Waals surface area contributed by atoms with Gasteiger partial charge < -0.3 is 9.64 Å². The first kappa shape index (κ1) is 17.5. The Morgan fingerprint density at radius 3 is 2.52 bits per heavy atom. The van der Waals surface area contributed by atoms with E-state index in [-0.39, 0.29) is 11.8 Å². The van der Waals surface area contributed by atoms with Crippen molar-refractivity contribution in [3.63, 3.8) is 0 Å². The molecule has 1 aliphatic carbocycles. The van der Waals surface area contributed by atoms with Crippen molar-refractivity contribution in [2.75, 3.05) is 19.1 Å². The number of benzene rings is 2. The number of rotatable bonds is 4. The Morgan fingerprint density at radius 2 is 1.89 bits per heavy atom. The van der Waals surface area contributed by atoms with Crippen molar-refractivity contribution < 1.29 is 13.9 Å². The molecule has 2 aromatic carbocycles. The molecule has 0 N–H and O–H groups in total. The standard InChI is InChI=1S/C22H21FN2O2/c1-25(18-4-3-5-18)20-13-16-12-15(22(26)27-2)8-11-19(16)24-21(20)14-6-9-17(23)10-7-14/h6-13,18H,3-5H2,1-2H3. The van der Waals surface area contributed by atoms with Crippen LogP contribution >= 0.6 is 0 Å². The van der Waals surface area contributed by atoms with Crippen LogP contribution in [0.5, 0.6) is 0 Å². The fraction of sp³-hybridized carbons (Fsp3) is 0.273. The second-order valence-electron chi connectivity index (χ2n) is 6.96. The molecule has 27 heavy (non-hydrogen) atoms. The summed E-state index contributed by atoms with van der Waals surface area (Å²) in [4.78, 5) is 19.0. The largest absolute Gasteiger partial charge is 0.465 e. The molecule has 0 amide bonds. The average Bonchev–Trinajstić information content (AvgIpc) is 2.65. The van der Waals surface area contributed by atoms with Gasteiger partial charge in [0.15, 0.2) is 0 Å². The lowest BCUT2D eigenvalue weighted by Gasteiger charge is -2.37. The first-order valence-corrected chi connectivity index (χ1v) is 9.08. The lowest BCUT2D eigenvalue weighted by atomic mass is 9.91. The number of carbonyl (C=O) groups excluding carboxylic acids is 1. The van der Waals surface area contributed by atoms with Gasteiger partial charge in [0.05, 0.1) is 29.6 Å². The Kier molecular flexibility index (Phi) is 4.52. The first-order valence-electron chi connectivity index (χ1n) is 9.08. The number of carbonyl (C=O) groups is 1. The van der Waals surface area contributed by atoms with Gasteiger partial charge in [-0.15, -0.1) is 0 Å². The fourth-order valence-corrected chi connectivity index (χ4v) is 3.47. The van der Waals surface area contributed by atoms with E-state index in [1.165, 1.54) is 25.7 Å². The molecule has 1 aromatic heterocycles. The minimum Gasteiger partial charge on any atom is -0.465 e. The van der Waals surface area contributed by atoms with Crippen molar-refractivity contribution in [3.05, 3.63) is 59.9 Å². The van der Waals surface area contributed by atoms with Crippen LogP contribution in [-0.4, -0.2) is 31.2 Å². The molecule has 5 heteroatoms. The van der Waals surface area contributed by atoms with Gasteiger partial charge in [0.25, 0.3) is 0 Å². The Bertz CT molecular complexity index is 997. The van der Waals surface area contributed by atoms with Crippen LogP contribution in [0.25, 0.3) is 22.2 Å². The van der Waals surface area contributed by atoms with Crippen LogP contribution in [0.1, 0.15) is 29.6 Å². The van der Waals surface area contributed by atoms with Crippen LogP contribution in [0.15, 0.2) is 48.5 Å². The van der Waals surface area contributed by atoms with E-state index in [1.807, 2.05) is 6.07 Å². The van der Waals surface area contributed by atoms with Gasteiger partial charge >= 0.3 is 5.97 Å². The lowest BCUT2D eigenvalue weighted by Crippen LogP contribution is -2.37. The monoisotopic (exact) mass is 364 g/mol. The van der Waals surface area contributed by atoms with Crippen LogP contribution in [0, 0.1) is 5.82 Å². The van der Waals surface area contributed by atoms with Crippen LogP contribution in [-0.2, 0) is 4.74 Å². The molecular weight excluding hydrogens is 343 g/mol. The zero-order chi connectivity index (χ0) is 19.0. The summed E-state index contributed by atoms with van der Waals surface area (Å²) < 4.78 is 18.2. The van der Waals surface area contributed by atoms with Crippen LogP contribution in [0.4, 0.5) is 10.1 Å². The van der Waals surface area contributed by atoms with Crippen LogP contribution in [0.3, 0.4) is 0 Å². The number of methoxy groups -OCH3 is 1. The zero-order valence-corrected chi connectivity index (χ0v) is 15.4. The Balaban J connectivity index is 1.88. The van der Waals surface area contributed by atoms with Crippen LogP contribution in [0.2, 0.25) is 0 Å². The lowest BCUT2D eigenvalue weighted by molar-refractivity contribution is 0.0601. The van der Waals surface area contributed by atoms with E-state index in [2.05, 4.69) is 18.0 Å². The maximum Gasteiger partial charge on any atom is 0.337 e. The van der Waals surface area contributed by atoms with Crippen molar-refractivity contribution in [2.45, 2.75) is 25.3 Å². The van der Waals surface area contributed by atoms with Gasteiger partial charge in [-0.2, -0.15) is 0 Å². The summed E-state index contributed by atoms with van der Waals surface area (Å²) in [6, 6.07) is 14.3. The van der Waals surface area contributed by atoms with Gasteiger partial charge in [-0.3, -0.25) is 0 Å². The van der Waals surface area contributed by atoms with Gasteiger partial charge in [-0.1, -0.05) is 0 Å². The van der Waals surface area contributed by atoms with Gasteiger partial charge in [0.1, 0.15) is 5.82 Å². The molecule has 0 spiro atoms. The molecule has 1 heterocycles. The normalized spacial score (nSPS) is 14.0. The van der Waals surface area contributed by atoms with Crippen molar-refractivity contribution in [2.24, 2.45) is 0 Å². The predicted molar refractivity (Wildman–Crippen MR) is 105 cm³/mol. The first-order chi connectivity index (χ1) is 13.1. The van der Waals surface area contributed by atoms with Crippen molar-refractivity contribution in [3.8, 4) is 11.3 Å². The maximum atomic E-state index is 13.4. The number of halogens is 1. The summed E-state index contributed by atoms with van der Waals surface area (Å²) in [6.45, 7) is 0. The summed E-state index contributed by atoms with van der Waals surface area (Å²) in [5, 5.41) is 0.880. The molecule has 4 nitrogen and oxygen atoms in total. The smallest absolute Gasteiger partial charge is 0.337 e. The number of ether oxygens (including phenoxy) is 1. The van der Waals surface area contributed by atoms with E-state index in [4.69, 9.17) is 9.72 Å². The van der Waals surface area contributed by atoms with E-state index < -0.39 is 0 Å². The minimum atomic E-state index is -0.367. The molecule has 0 radical (unpaired) electrons. The van der Waals surface area contributed by atoms with Gasteiger partial charge in [0, 0.05) is 24.0 Å². The number of nitrogens with zero attached hydrogens (tertiary/aromatic N) is 2. The second kappa shape index (κ2) is 6.99. The van der Waals surface area contributed by atoms with Gasteiger partial charge in [0.2, 0.25) is 0 Å². The molecule has 4 rings (SSSR count). The molecule has 0 bridgehead atoms. The number of esters is 1.